The van der Waals surface area contributed by atoms with E-state index in [0.717, 1.165) is 16.7 Å². The third-order valence-corrected chi connectivity index (χ3v) is 4.63. The first kappa shape index (κ1) is 17.6. The number of phenols is 1. The normalized spacial score (nSPS) is 14.3. The Labute approximate surface area is 160 Å². The van der Waals surface area contributed by atoms with Gasteiger partial charge in [-0.1, -0.05) is 6.07 Å². The summed E-state index contributed by atoms with van der Waals surface area (Å²) in [5.74, 6) is 0.914. The summed E-state index contributed by atoms with van der Waals surface area (Å²) in [6.45, 7) is 1.21. The lowest BCUT2D eigenvalue weighted by molar-refractivity contribution is 0.332. The van der Waals surface area contributed by atoms with Crippen molar-refractivity contribution in [3.8, 4) is 17.2 Å². The second kappa shape index (κ2) is 7.77. The monoisotopic (exact) mass is 450 g/mol. The summed E-state index contributed by atoms with van der Waals surface area (Å²) in [5, 5.41) is 13.3. The Hall–Kier alpha value is -2.22. The molecule has 2 N–H and O–H groups in total. The molecule has 0 aliphatic carbocycles. The van der Waals surface area contributed by atoms with Gasteiger partial charge in [0.15, 0.2) is 11.5 Å². The summed E-state index contributed by atoms with van der Waals surface area (Å²) >= 11 is 2.32. The van der Waals surface area contributed by atoms with Crippen LogP contribution in [-0.4, -0.2) is 32.1 Å². The number of phenolic OH excluding ortho intramolecular Hbond substituents is 1. The van der Waals surface area contributed by atoms with E-state index in [1.165, 1.54) is 16.2 Å². The largest absolute Gasteiger partial charge is 0.504 e. The molecule has 0 bridgehead atoms. The summed E-state index contributed by atoms with van der Waals surface area (Å²) in [5.41, 5.74) is 4.36. The molecule has 1 aliphatic rings. The van der Waals surface area contributed by atoms with Gasteiger partial charge in [0, 0.05) is 22.5 Å². The van der Waals surface area contributed by atoms with Gasteiger partial charge in [0.25, 0.3) is 0 Å². The molecular weight excluding hydrogens is 431 g/mol. The van der Waals surface area contributed by atoms with E-state index in [4.69, 9.17) is 9.47 Å². The highest BCUT2D eigenvalue weighted by molar-refractivity contribution is 14.1. The van der Waals surface area contributed by atoms with E-state index in [2.05, 4.69) is 51.1 Å². The summed E-state index contributed by atoms with van der Waals surface area (Å²) in [6.07, 6.45) is 3.90. The van der Waals surface area contributed by atoms with E-state index in [9.17, 15) is 5.11 Å². The molecule has 0 atom stereocenters. The first-order chi connectivity index (χ1) is 12.1. The number of methoxy groups -OCH3 is 2. The molecular formula is C19H19IN2O3. The van der Waals surface area contributed by atoms with Crippen molar-refractivity contribution in [3.63, 3.8) is 0 Å². The number of rotatable bonds is 5. The molecule has 2 aromatic carbocycles. The van der Waals surface area contributed by atoms with Gasteiger partial charge in [-0.2, -0.15) is 0 Å². The molecule has 0 unspecified atom stereocenters. The lowest BCUT2D eigenvalue weighted by atomic mass is 9.99. The maximum Gasteiger partial charge on any atom is 0.203 e. The molecule has 0 aromatic heterocycles. The third-order valence-electron chi connectivity index (χ3n) is 3.95. The Morgan fingerprint density at radius 2 is 2.08 bits per heavy atom. The highest BCUT2D eigenvalue weighted by atomic mass is 127. The molecule has 0 fully saturated rings. The Morgan fingerprint density at radius 1 is 1.24 bits per heavy atom. The van der Waals surface area contributed by atoms with Crippen molar-refractivity contribution in [2.75, 3.05) is 20.8 Å². The van der Waals surface area contributed by atoms with Gasteiger partial charge in [-0.05, 0) is 69.1 Å². The first-order valence-corrected chi connectivity index (χ1v) is 8.86. The van der Waals surface area contributed by atoms with E-state index < -0.39 is 0 Å². The second-order valence-corrected chi connectivity index (χ2v) is 6.85. The van der Waals surface area contributed by atoms with Crippen LogP contribution in [0, 0.1) is 3.57 Å². The molecule has 5 nitrogen and oxygen atoms in total. The topological polar surface area (TPSA) is 63.1 Å². The molecule has 130 valence electrons. The van der Waals surface area contributed by atoms with Crippen LogP contribution in [0.3, 0.4) is 0 Å². The van der Waals surface area contributed by atoms with Gasteiger partial charge in [0.05, 0.1) is 20.8 Å². The first-order valence-electron chi connectivity index (χ1n) is 7.78. The molecule has 1 heterocycles. The van der Waals surface area contributed by atoms with Crippen molar-refractivity contribution < 1.29 is 14.6 Å². The Bertz CT molecular complexity index is 847. The molecule has 3 rings (SSSR count). The fraction of sp³-hybridized carbons (Fsp3) is 0.211. The molecule has 0 amide bonds. The van der Waals surface area contributed by atoms with Crippen LogP contribution in [-0.2, 0) is 6.54 Å². The fourth-order valence-electron chi connectivity index (χ4n) is 2.76. The minimum Gasteiger partial charge on any atom is -0.504 e. The average molecular weight is 450 g/mol. The average Bonchev–Trinajstić information content (AvgIpc) is 2.61. The molecule has 0 spiro atoms. The van der Waals surface area contributed by atoms with E-state index >= 15 is 0 Å². The van der Waals surface area contributed by atoms with E-state index in [1.807, 2.05) is 18.5 Å². The van der Waals surface area contributed by atoms with Crippen LogP contribution in [0.2, 0.25) is 0 Å². The molecule has 0 saturated heterocycles. The van der Waals surface area contributed by atoms with Gasteiger partial charge in [0.2, 0.25) is 5.75 Å². The van der Waals surface area contributed by atoms with Crippen LogP contribution in [0.5, 0.6) is 17.2 Å². The Balaban J connectivity index is 1.77. The number of fused-ring (bicyclic) bond motifs is 1. The minimum atomic E-state index is 0.0634. The van der Waals surface area contributed by atoms with Crippen molar-refractivity contribution in [2.45, 2.75) is 6.54 Å². The number of ether oxygens (including phenoxy) is 2. The van der Waals surface area contributed by atoms with Crippen molar-refractivity contribution in [2.24, 2.45) is 4.99 Å². The van der Waals surface area contributed by atoms with Gasteiger partial charge >= 0.3 is 0 Å². The number of aliphatic imine (C=N–C) groups is 1. The number of nitrogens with zero attached hydrogens (tertiary/aromatic N) is 1. The quantitative estimate of drug-likeness (QED) is 0.684. The van der Waals surface area contributed by atoms with E-state index in [1.54, 1.807) is 13.2 Å². The molecule has 6 heteroatoms. The van der Waals surface area contributed by atoms with Crippen LogP contribution in [0.1, 0.15) is 16.7 Å². The van der Waals surface area contributed by atoms with Crippen LogP contribution in [0.25, 0.3) is 5.57 Å². The predicted octanol–water partition coefficient (Wildman–Crippen LogP) is 3.58. The fourth-order valence-corrected chi connectivity index (χ4v) is 3.26. The molecule has 2 aromatic rings. The van der Waals surface area contributed by atoms with Crippen molar-refractivity contribution in [3.05, 3.63) is 56.8 Å². The summed E-state index contributed by atoms with van der Waals surface area (Å²) in [4.78, 5) is 4.41. The highest BCUT2D eigenvalue weighted by Crippen LogP contribution is 2.37. The van der Waals surface area contributed by atoms with Gasteiger partial charge in [-0.25, -0.2) is 0 Å². The highest BCUT2D eigenvalue weighted by Gasteiger charge is 2.13. The zero-order valence-corrected chi connectivity index (χ0v) is 16.2. The lowest BCUT2D eigenvalue weighted by Crippen LogP contribution is -2.10. The maximum absolute atomic E-state index is 10.0. The lowest BCUT2D eigenvalue weighted by Gasteiger charge is -2.15. The smallest absolute Gasteiger partial charge is 0.203 e. The second-order valence-electron chi connectivity index (χ2n) is 5.60. The number of halogens is 1. The van der Waals surface area contributed by atoms with Crippen molar-refractivity contribution in [1.29, 1.82) is 0 Å². The van der Waals surface area contributed by atoms with Crippen LogP contribution in [0.15, 0.2) is 41.5 Å². The molecule has 25 heavy (non-hydrogen) atoms. The third kappa shape index (κ3) is 3.89. The number of hydrogen-bond donors (Lipinski definition) is 2. The SMILES string of the molecule is COc1cc(CNC=C2CN=Cc3ccc(I)cc32)cc(O)c1OC. The zero-order chi connectivity index (χ0) is 17.8. The number of benzene rings is 2. The van der Waals surface area contributed by atoms with Gasteiger partial charge < -0.3 is 19.9 Å². The van der Waals surface area contributed by atoms with Crippen LogP contribution < -0.4 is 14.8 Å². The van der Waals surface area contributed by atoms with Crippen molar-refractivity contribution >= 4 is 34.4 Å². The summed E-state index contributed by atoms with van der Waals surface area (Å²) in [7, 11) is 3.05. The Morgan fingerprint density at radius 3 is 2.84 bits per heavy atom. The Kier molecular flexibility index (Phi) is 5.47. The van der Waals surface area contributed by atoms with Crippen LogP contribution in [0.4, 0.5) is 0 Å². The molecule has 0 radical (unpaired) electrons. The maximum atomic E-state index is 10.0. The van der Waals surface area contributed by atoms with Crippen LogP contribution >= 0.6 is 22.6 Å². The number of hydrogen-bond acceptors (Lipinski definition) is 5. The predicted molar refractivity (Wildman–Crippen MR) is 108 cm³/mol. The van der Waals surface area contributed by atoms with Gasteiger partial charge in [-0.15, -0.1) is 0 Å². The van der Waals surface area contributed by atoms with E-state index in [-0.39, 0.29) is 5.75 Å². The zero-order valence-electron chi connectivity index (χ0n) is 14.0. The van der Waals surface area contributed by atoms with E-state index in [0.29, 0.717) is 24.6 Å². The minimum absolute atomic E-state index is 0.0634. The van der Waals surface area contributed by atoms with Gasteiger partial charge in [-0.3, -0.25) is 4.99 Å². The summed E-state index contributed by atoms with van der Waals surface area (Å²) in [6, 6.07) is 9.84. The van der Waals surface area contributed by atoms with Gasteiger partial charge in [0.1, 0.15) is 0 Å². The number of nitrogens with one attached hydrogen (secondary N) is 1. The van der Waals surface area contributed by atoms with Crippen molar-refractivity contribution in [1.82, 2.24) is 5.32 Å². The summed E-state index contributed by atoms with van der Waals surface area (Å²) < 4.78 is 11.6. The molecule has 1 aliphatic heterocycles. The number of aromatic hydroxyl groups is 1. The standard InChI is InChI=1S/C19H19IN2O3/c1-24-18-6-12(5-17(23)19(18)25-2)8-21-10-14-11-22-9-13-3-4-15(20)7-16(13)14/h3-7,9-10,21,23H,8,11H2,1-2H3. The molecule has 0 saturated carbocycles.